The lowest BCUT2D eigenvalue weighted by Crippen LogP contribution is -2.37. The average molecular weight is 547 g/mol. The van der Waals surface area contributed by atoms with Crippen molar-refractivity contribution >= 4 is 20.0 Å². The maximum atomic E-state index is 14.4. The van der Waals surface area contributed by atoms with E-state index >= 15 is 0 Å². The Labute approximate surface area is 218 Å². The predicted octanol–water partition coefficient (Wildman–Crippen LogP) is 4.41. The zero-order chi connectivity index (χ0) is 26.5. The molecule has 0 spiro atoms. The van der Waals surface area contributed by atoms with Crippen LogP contribution in [0.15, 0.2) is 88.7 Å². The van der Waals surface area contributed by atoms with Crippen LogP contribution in [0.5, 0.6) is 0 Å². The summed E-state index contributed by atoms with van der Waals surface area (Å²) in [4.78, 5) is -0.0593. The van der Waals surface area contributed by atoms with E-state index in [1.54, 1.807) is 25.1 Å². The Kier molecular flexibility index (Phi) is 8.76. The number of halogens is 1. The Hall–Kier alpha value is -2.63. The topological polar surface area (TPSA) is 84.0 Å². The first-order valence-electron chi connectivity index (χ1n) is 12.2. The number of rotatable bonds is 11. The van der Waals surface area contributed by atoms with Crippen LogP contribution in [0.3, 0.4) is 0 Å². The molecule has 4 rings (SSSR count). The van der Waals surface area contributed by atoms with Gasteiger partial charge in [-0.05, 0) is 48.7 Å². The second kappa shape index (κ2) is 11.8. The van der Waals surface area contributed by atoms with E-state index in [4.69, 9.17) is 4.74 Å². The maximum absolute atomic E-state index is 14.4. The fourth-order valence-corrected chi connectivity index (χ4v) is 7.20. The Bertz CT molecular complexity index is 1390. The molecule has 7 nitrogen and oxygen atoms in total. The molecule has 0 aromatic heterocycles. The van der Waals surface area contributed by atoms with Gasteiger partial charge in [0.1, 0.15) is 5.82 Å². The molecular formula is C27H31FN2O5S2. The van der Waals surface area contributed by atoms with E-state index in [1.807, 2.05) is 30.3 Å². The van der Waals surface area contributed by atoms with Crippen LogP contribution in [0.4, 0.5) is 4.39 Å². The molecule has 0 bridgehead atoms. The van der Waals surface area contributed by atoms with Gasteiger partial charge in [-0.15, -0.1) is 0 Å². The van der Waals surface area contributed by atoms with E-state index in [9.17, 15) is 21.2 Å². The third-order valence-electron chi connectivity index (χ3n) is 6.39. The first kappa shape index (κ1) is 27.4. The molecule has 10 heteroatoms. The van der Waals surface area contributed by atoms with Gasteiger partial charge in [0.05, 0.1) is 15.9 Å². The second-order valence-corrected chi connectivity index (χ2v) is 12.8. The highest BCUT2D eigenvalue weighted by Gasteiger charge is 2.31. The molecule has 198 valence electrons. The first-order valence-corrected chi connectivity index (χ1v) is 15.1. The molecule has 37 heavy (non-hydrogen) atoms. The van der Waals surface area contributed by atoms with Crippen LogP contribution in [0.1, 0.15) is 30.9 Å². The van der Waals surface area contributed by atoms with Gasteiger partial charge < -0.3 is 4.74 Å². The monoisotopic (exact) mass is 546 g/mol. The van der Waals surface area contributed by atoms with Crippen molar-refractivity contribution in [3.05, 3.63) is 95.8 Å². The number of hydrogen-bond donors (Lipinski definition) is 0. The van der Waals surface area contributed by atoms with Gasteiger partial charge in [0.2, 0.25) is 20.0 Å². The number of nitrogens with zero attached hydrogens (tertiary/aromatic N) is 2. The van der Waals surface area contributed by atoms with Gasteiger partial charge in [0.15, 0.2) is 0 Å². The Morgan fingerprint density at radius 2 is 1.41 bits per heavy atom. The third-order valence-corrected chi connectivity index (χ3v) is 10.2. The Morgan fingerprint density at radius 3 is 1.97 bits per heavy atom. The minimum atomic E-state index is -4.06. The lowest BCUT2D eigenvalue weighted by atomic mass is 10.2. The minimum absolute atomic E-state index is 0.00371. The molecule has 0 saturated carbocycles. The van der Waals surface area contributed by atoms with Crippen LogP contribution in [0.2, 0.25) is 0 Å². The van der Waals surface area contributed by atoms with Gasteiger partial charge in [0.25, 0.3) is 0 Å². The van der Waals surface area contributed by atoms with Gasteiger partial charge in [-0.3, -0.25) is 0 Å². The third kappa shape index (κ3) is 6.45. The molecule has 0 amide bonds. The molecule has 0 radical (unpaired) electrons. The Morgan fingerprint density at radius 1 is 0.811 bits per heavy atom. The minimum Gasteiger partial charge on any atom is -0.377 e. The van der Waals surface area contributed by atoms with E-state index in [1.165, 1.54) is 38.9 Å². The van der Waals surface area contributed by atoms with Crippen molar-refractivity contribution in [3.63, 3.8) is 0 Å². The lowest BCUT2D eigenvalue weighted by Gasteiger charge is -2.25. The van der Waals surface area contributed by atoms with Gasteiger partial charge >= 0.3 is 0 Å². The summed E-state index contributed by atoms with van der Waals surface area (Å²) in [5, 5.41) is 0. The van der Waals surface area contributed by atoms with Crippen LogP contribution in [0, 0.1) is 5.82 Å². The van der Waals surface area contributed by atoms with Crippen molar-refractivity contribution in [2.45, 2.75) is 48.7 Å². The Balaban J connectivity index is 1.59. The molecule has 1 fully saturated rings. The molecular weight excluding hydrogens is 515 g/mol. The zero-order valence-electron chi connectivity index (χ0n) is 20.7. The van der Waals surface area contributed by atoms with Crippen molar-refractivity contribution < 1.29 is 26.0 Å². The zero-order valence-corrected chi connectivity index (χ0v) is 22.3. The normalized spacial score (nSPS) is 16.5. The smallest absolute Gasteiger partial charge is 0.243 e. The predicted molar refractivity (Wildman–Crippen MR) is 139 cm³/mol. The molecule has 1 unspecified atom stereocenters. The summed E-state index contributed by atoms with van der Waals surface area (Å²) < 4.78 is 76.4. The van der Waals surface area contributed by atoms with E-state index < -0.39 is 25.9 Å². The highest BCUT2D eigenvalue weighted by Crippen LogP contribution is 2.25. The van der Waals surface area contributed by atoms with Crippen molar-refractivity contribution in [3.8, 4) is 0 Å². The van der Waals surface area contributed by atoms with Crippen LogP contribution < -0.4 is 0 Å². The second-order valence-electron chi connectivity index (χ2n) is 8.91. The summed E-state index contributed by atoms with van der Waals surface area (Å²) >= 11 is 0. The number of benzene rings is 3. The molecule has 0 aliphatic carbocycles. The van der Waals surface area contributed by atoms with Gasteiger partial charge in [-0.2, -0.15) is 8.61 Å². The first-order chi connectivity index (χ1) is 17.7. The molecule has 3 aromatic carbocycles. The number of sulfonamides is 2. The molecule has 0 N–H and O–H groups in total. The van der Waals surface area contributed by atoms with Crippen LogP contribution in [0.25, 0.3) is 0 Å². The van der Waals surface area contributed by atoms with E-state index in [0.29, 0.717) is 6.61 Å². The summed E-state index contributed by atoms with van der Waals surface area (Å²) in [5.74, 6) is -0.491. The quantitative estimate of drug-likeness (QED) is 0.356. The lowest BCUT2D eigenvalue weighted by molar-refractivity contribution is 0.0924. The summed E-state index contributed by atoms with van der Waals surface area (Å²) in [6.07, 6.45) is 1.27. The van der Waals surface area contributed by atoms with Gasteiger partial charge in [-0.25, -0.2) is 21.2 Å². The van der Waals surface area contributed by atoms with Crippen LogP contribution in [-0.2, 0) is 37.9 Å². The largest absolute Gasteiger partial charge is 0.377 e. The fraction of sp³-hybridized carbons (Fsp3) is 0.333. The molecule has 1 aliphatic heterocycles. The fourth-order valence-electron chi connectivity index (χ4n) is 4.32. The van der Waals surface area contributed by atoms with E-state index in [-0.39, 0.29) is 47.6 Å². The van der Waals surface area contributed by atoms with Crippen molar-refractivity contribution in [2.75, 3.05) is 19.7 Å². The number of ether oxygens (including phenoxy) is 1. The summed E-state index contributed by atoms with van der Waals surface area (Å²) in [6.45, 7) is 2.70. The van der Waals surface area contributed by atoms with Crippen molar-refractivity contribution in [2.24, 2.45) is 0 Å². The SMILES string of the molecule is CCN(Cc1ccccc1)S(=O)(=O)c1ccc(S(=O)(=O)N(Cc2ccccc2F)CC2CCCO2)cc1. The molecule has 1 aliphatic rings. The standard InChI is InChI=1S/C27H31FN2O5S2/c1-2-29(19-22-9-4-3-5-10-22)36(31,32)25-14-16-26(17-15-25)37(33,34)30(21-24-12-8-18-35-24)20-23-11-6-7-13-27(23)28/h3-7,9-11,13-17,24H,2,8,12,18-21H2,1H3. The van der Waals surface area contributed by atoms with Gasteiger partial charge in [0, 0.05) is 38.3 Å². The molecule has 1 saturated heterocycles. The van der Waals surface area contributed by atoms with E-state index in [2.05, 4.69) is 0 Å². The van der Waals surface area contributed by atoms with Crippen molar-refractivity contribution in [1.82, 2.24) is 8.61 Å². The van der Waals surface area contributed by atoms with Gasteiger partial charge in [-0.1, -0.05) is 55.5 Å². The maximum Gasteiger partial charge on any atom is 0.243 e. The van der Waals surface area contributed by atoms with Crippen LogP contribution >= 0.6 is 0 Å². The number of hydrogen-bond acceptors (Lipinski definition) is 5. The average Bonchev–Trinajstić information content (AvgIpc) is 3.42. The summed E-state index contributed by atoms with van der Waals surface area (Å²) in [5.41, 5.74) is 1.10. The summed E-state index contributed by atoms with van der Waals surface area (Å²) in [7, 11) is -7.91. The summed E-state index contributed by atoms with van der Waals surface area (Å²) in [6, 6.07) is 20.5. The highest BCUT2D eigenvalue weighted by atomic mass is 32.2. The molecule has 1 atom stereocenters. The van der Waals surface area contributed by atoms with E-state index in [0.717, 1.165) is 18.4 Å². The van der Waals surface area contributed by atoms with Crippen molar-refractivity contribution in [1.29, 1.82) is 0 Å². The molecule has 3 aromatic rings. The van der Waals surface area contributed by atoms with Crippen LogP contribution in [-0.4, -0.2) is 51.2 Å². The molecule has 1 heterocycles. The highest BCUT2D eigenvalue weighted by molar-refractivity contribution is 7.89.